The van der Waals surface area contributed by atoms with Gasteiger partial charge in [-0.3, -0.25) is 4.79 Å². The maximum Gasteiger partial charge on any atom is 0.249 e. The molecule has 1 aliphatic heterocycles. The van der Waals surface area contributed by atoms with Crippen LogP contribution >= 0.6 is 0 Å². The Bertz CT molecular complexity index is 512. The van der Waals surface area contributed by atoms with Gasteiger partial charge >= 0.3 is 0 Å². The Morgan fingerprint density at radius 1 is 1.41 bits per heavy atom. The van der Waals surface area contributed by atoms with Crippen LogP contribution in [0, 0.1) is 11.8 Å². The molecule has 1 aliphatic rings. The summed E-state index contributed by atoms with van der Waals surface area (Å²) < 4.78 is 11.1. The molecule has 1 saturated heterocycles. The lowest BCUT2D eigenvalue weighted by Crippen LogP contribution is -2.37. The average Bonchev–Trinajstić information content (AvgIpc) is 2.58. The van der Waals surface area contributed by atoms with Crippen LogP contribution in [0.2, 0.25) is 0 Å². The molecule has 1 amide bonds. The highest BCUT2D eigenvalue weighted by molar-refractivity contribution is 5.80. The van der Waals surface area contributed by atoms with Crippen LogP contribution in [0.25, 0.3) is 0 Å². The van der Waals surface area contributed by atoms with E-state index in [-0.39, 0.29) is 12.0 Å². The zero-order valence-corrected chi connectivity index (χ0v) is 13.0. The van der Waals surface area contributed by atoms with Crippen molar-refractivity contribution >= 4 is 5.91 Å². The maximum atomic E-state index is 11.9. The van der Waals surface area contributed by atoms with Crippen molar-refractivity contribution in [2.45, 2.75) is 38.4 Å². The normalized spacial score (nSPS) is 18.9. The molecule has 0 bridgehead atoms. The number of ether oxygens (including phenoxy) is 2. The monoisotopic (exact) mass is 301 g/mol. The first kappa shape index (κ1) is 16.5. The summed E-state index contributed by atoms with van der Waals surface area (Å²) in [6, 6.07) is 9.69. The summed E-state index contributed by atoms with van der Waals surface area (Å²) in [6.45, 7) is 3.35. The molecule has 22 heavy (non-hydrogen) atoms. The van der Waals surface area contributed by atoms with Crippen molar-refractivity contribution in [3.63, 3.8) is 0 Å². The van der Waals surface area contributed by atoms with Gasteiger partial charge in [0.1, 0.15) is 6.10 Å². The second-order valence-electron chi connectivity index (χ2n) is 5.35. The van der Waals surface area contributed by atoms with Gasteiger partial charge in [0.15, 0.2) is 0 Å². The third kappa shape index (κ3) is 5.88. The average molecular weight is 301 g/mol. The summed E-state index contributed by atoms with van der Waals surface area (Å²) >= 11 is 0. The van der Waals surface area contributed by atoms with Gasteiger partial charge in [0.2, 0.25) is 5.91 Å². The molecule has 118 valence electrons. The van der Waals surface area contributed by atoms with Gasteiger partial charge in [-0.1, -0.05) is 30.0 Å². The summed E-state index contributed by atoms with van der Waals surface area (Å²) in [5, 5.41) is 2.76. The smallest absolute Gasteiger partial charge is 0.249 e. The molecule has 2 rings (SSSR count). The van der Waals surface area contributed by atoms with Gasteiger partial charge in [0, 0.05) is 12.2 Å². The fraction of sp³-hybridized carbons (Fsp3) is 0.500. The molecular weight excluding hydrogens is 278 g/mol. The van der Waals surface area contributed by atoms with E-state index < -0.39 is 6.10 Å². The van der Waals surface area contributed by atoms with E-state index in [0.717, 1.165) is 25.0 Å². The molecule has 0 spiro atoms. The van der Waals surface area contributed by atoms with Gasteiger partial charge in [-0.2, -0.15) is 0 Å². The predicted octanol–water partition coefficient (Wildman–Crippen LogP) is 2.13. The molecule has 0 aromatic heterocycles. The van der Waals surface area contributed by atoms with E-state index in [1.54, 1.807) is 6.92 Å². The Kier molecular flexibility index (Phi) is 6.95. The molecule has 1 heterocycles. The molecule has 1 aromatic carbocycles. The molecule has 1 N–H and O–H groups in total. The minimum absolute atomic E-state index is 0.127. The third-order valence-electron chi connectivity index (χ3n) is 3.53. The Balaban J connectivity index is 1.65. The number of amides is 1. The minimum atomic E-state index is -0.482. The van der Waals surface area contributed by atoms with Crippen molar-refractivity contribution in [1.82, 2.24) is 5.32 Å². The zero-order valence-electron chi connectivity index (χ0n) is 13.0. The molecule has 1 aromatic rings. The summed E-state index contributed by atoms with van der Waals surface area (Å²) in [5.74, 6) is 5.79. The summed E-state index contributed by atoms with van der Waals surface area (Å²) in [6.07, 6.45) is 2.94. The van der Waals surface area contributed by atoms with E-state index in [0.29, 0.717) is 13.2 Å². The first-order valence-corrected chi connectivity index (χ1v) is 7.80. The van der Waals surface area contributed by atoms with E-state index in [1.165, 1.54) is 6.42 Å². The van der Waals surface area contributed by atoms with Crippen LogP contribution < -0.4 is 5.32 Å². The second-order valence-corrected chi connectivity index (χ2v) is 5.35. The van der Waals surface area contributed by atoms with E-state index in [2.05, 4.69) is 17.2 Å². The molecule has 0 unspecified atom stereocenters. The number of benzene rings is 1. The lowest BCUT2D eigenvalue weighted by Gasteiger charge is -2.23. The molecular formula is C18H23NO3. The molecule has 2 atom stereocenters. The van der Waals surface area contributed by atoms with Crippen LogP contribution in [0.3, 0.4) is 0 Å². The molecule has 4 heteroatoms. The van der Waals surface area contributed by atoms with Crippen LogP contribution in [0.4, 0.5) is 0 Å². The van der Waals surface area contributed by atoms with Crippen molar-refractivity contribution in [3.05, 3.63) is 35.9 Å². The number of hydrogen-bond donors (Lipinski definition) is 1. The predicted molar refractivity (Wildman–Crippen MR) is 85.3 cm³/mol. The molecule has 0 radical (unpaired) electrons. The van der Waals surface area contributed by atoms with Gasteiger partial charge in [-0.05, 0) is 38.3 Å². The van der Waals surface area contributed by atoms with Crippen LogP contribution in [-0.4, -0.2) is 37.9 Å². The minimum Gasteiger partial charge on any atom is -0.376 e. The van der Waals surface area contributed by atoms with E-state index in [9.17, 15) is 4.79 Å². The summed E-state index contributed by atoms with van der Waals surface area (Å²) in [4.78, 5) is 11.9. The van der Waals surface area contributed by atoms with Gasteiger partial charge in [0.05, 0.1) is 19.3 Å². The summed E-state index contributed by atoms with van der Waals surface area (Å²) in [5.41, 5.74) is 0.940. The van der Waals surface area contributed by atoms with Crippen molar-refractivity contribution in [2.24, 2.45) is 0 Å². The van der Waals surface area contributed by atoms with E-state index in [1.807, 2.05) is 30.3 Å². The standard InChI is InChI=1S/C18H23NO3/c1-15(22-14-17-11-5-6-13-21-17)18(20)19-12-7-10-16-8-3-2-4-9-16/h2-4,8-9,15,17H,5-6,11-14H2,1H3,(H,19,20)/t15-,17+/m1/s1. The van der Waals surface area contributed by atoms with Crippen molar-refractivity contribution in [2.75, 3.05) is 19.8 Å². The fourth-order valence-electron chi connectivity index (χ4n) is 2.21. The third-order valence-corrected chi connectivity index (χ3v) is 3.53. The van der Waals surface area contributed by atoms with Crippen LogP contribution in [0.15, 0.2) is 30.3 Å². The first-order valence-electron chi connectivity index (χ1n) is 7.80. The Labute approximate surface area is 132 Å². The molecule has 0 saturated carbocycles. The van der Waals surface area contributed by atoms with Gasteiger partial charge < -0.3 is 14.8 Å². The molecule has 1 fully saturated rings. The van der Waals surface area contributed by atoms with Crippen molar-refractivity contribution in [3.8, 4) is 11.8 Å². The van der Waals surface area contributed by atoms with E-state index in [4.69, 9.17) is 9.47 Å². The van der Waals surface area contributed by atoms with Crippen LogP contribution in [0.5, 0.6) is 0 Å². The Morgan fingerprint density at radius 3 is 2.95 bits per heavy atom. The number of carbonyl (C=O) groups is 1. The molecule has 0 aliphatic carbocycles. The number of carbonyl (C=O) groups excluding carboxylic acids is 1. The number of hydrogen-bond acceptors (Lipinski definition) is 3. The largest absolute Gasteiger partial charge is 0.376 e. The van der Waals surface area contributed by atoms with Crippen LogP contribution in [-0.2, 0) is 14.3 Å². The zero-order chi connectivity index (χ0) is 15.6. The first-order chi connectivity index (χ1) is 10.8. The second kappa shape index (κ2) is 9.24. The lowest BCUT2D eigenvalue weighted by atomic mass is 10.1. The Hall–Kier alpha value is -1.83. The Morgan fingerprint density at radius 2 is 2.23 bits per heavy atom. The van der Waals surface area contributed by atoms with Gasteiger partial charge in [0.25, 0.3) is 0 Å². The highest BCUT2D eigenvalue weighted by Gasteiger charge is 2.18. The maximum absolute atomic E-state index is 11.9. The van der Waals surface area contributed by atoms with Crippen LogP contribution in [0.1, 0.15) is 31.7 Å². The van der Waals surface area contributed by atoms with Crippen molar-refractivity contribution in [1.29, 1.82) is 0 Å². The van der Waals surface area contributed by atoms with Gasteiger partial charge in [-0.15, -0.1) is 0 Å². The quantitative estimate of drug-likeness (QED) is 0.848. The summed E-state index contributed by atoms with van der Waals surface area (Å²) in [7, 11) is 0. The fourth-order valence-corrected chi connectivity index (χ4v) is 2.21. The highest BCUT2D eigenvalue weighted by Crippen LogP contribution is 2.13. The van der Waals surface area contributed by atoms with Gasteiger partial charge in [-0.25, -0.2) is 0 Å². The molecule has 4 nitrogen and oxygen atoms in total. The SMILES string of the molecule is C[C@@H](OC[C@@H]1CCCCO1)C(=O)NCC#Cc1ccccc1. The topological polar surface area (TPSA) is 47.6 Å². The van der Waals surface area contributed by atoms with E-state index >= 15 is 0 Å². The van der Waals surface area contributed by atoms with Crippen molar-refractivity contribution < 1.29 is 14.3 Å². The lowest BCUT2D eigenvalue weighted by molar-refractivity contribution is -0.135. The number of rotatable bonds is 5. The highest BCUT2D eigenvalue weighted by atomic mass is 16.5. The number of nitrogens with one attached hydrogen (secondary N) is 1.